The average Bonchev–Trinajstić information content (AvgIpc) is 2.26. The first-order chi connectivity index (χ1) is 9.16. The molecule has 0 aliphatic rings. The molecule has 0 fully saturated rings. The van der Waals surface area contributed by atoms with Gasteiger partial charge < -0.3 is 4.55 Å². The van der Waals surface area contributed by atoms with E-state index in [1.54, 1.807) is 12.1 Å². The van der Waals surface area contributed by atoms with Crippen molar-refractivity contribution in [2.45, 2.75) is 5.51 Å². The highest BCUT2D eigenvalue weighted by molar-refractivity contribution is 7.86. The van der Waals surface area contributed by atoms with Crippen molar-refractivity contribution in [1.29, 1.82) is 0 Å². The number of hydrogen-bond acceptors (Lipinski definition) is 5. The number of quaternary nitrogens is 1. The summed E-state index contributed by atoms with van der Waals surface area (Å²) >= 11 is 0. The molecule has 7 nitrogen and oxygen atoms in total. The van der Waals surface area contributed by atoms with Crippen LogP contribution in [0.5, 0.6) is 0 Å². The van der Waals surface area contributed by atoms with Crippen LogP contribution in [0, 0.1) is 10.1 Å². The summed E-state index contributed by atoms with van der Waals surface area (Å²) in [6.45, 7) is 0. The molecule has 1 aromatic rings. The summed E-state index contributed by atoms with van der Waals surface area (Å²) in [5.74, 6) is 0. The summed E-state index contributed by atoms with van der Waals surface area (Å²) in [5.41, 5.74) is -4.58. The van der Waals surface area contributed by atoms with Gasteiger partial charge in [0.2, 0.25) is 0 Å². The normalized spacial score (nSPS) is 12.3. The Kier molecular flexibility index (Phi) is 5.85. The van der Waals surface area contributed by atoms with Crippen LogP contribution in [0.15, 0.2) is 24.3 Å². The lowest BCUT2D eigenvalue weighted by molar-refractivity contribution is -0.384. The van der Waals surface area contributed by atoms with Gasteiger partial charge in [0.25, 0.3) is 5.69 Å². The van der Waals surface area contributed by atoms with E-state index in [9.17, 15) is 23.3 Å². The number of nitro benzene ring substituents is 1. The smallest absolute Gasteiger partial charge is 0.485 e. The molecular weight excluding hydrogens is 317 g/mol. The molecule has 0 bridgehead atoms. The minimum absolute atomic E-state index is 0.144. The molecular formula is C10H13F3N2O5S. The van der Waals surface area contributed by atoms with Gasteiger partial charge in [0.05, 0.1) is 32.1 Å². The average molecular weight is 330 g/mol. The zero-order valence-corrected chi connectivity index (χ0v) is 12.1. The first kappa shape index (κ1) is 19.3. The number of rotatable bonds is 2. The fourth-order valence-corrected chi connectivity index (χ4v) is 1.02. The second kappa shape index (κ2) is 6.37. The van der Waals surface area contributed by atoms with Gasteiger partial charge in [0, 0.05) is 6.07 Å². The molecule has 1 rings (SSSR count). The molecule has 11 heteroatoms. The lowest BCUT2D eigenvalue weighted by atomic mass is 10.2. The van der Waals surface area contributed by atoms with Crippen molar-refractivity contribution in [3.63, 3.8) is 0 Å². The molecule has 0 aliphatic heterocycles. The molecule has 21 heavy (non-hydrogen) atoms. The van der Waals surface area contributed by atoms with E-state index in [0.717, 1.165) is 5.69 Å². The Balaban J connectivity index is 0.000000433. The predicted octanol–water partition coefficient (Wildman–Crippen LogP) is 1.84. The Morgan fingerprint density at radius 3 is 1.90 bits per heavy atom. The highest BCUT2D eigenvalue weighted by Crippen LogP contribution is 2.22. The van der Waals surface area contributed by atoms with E-state index in [1.165, 1.54) is 6.07 Å². The second-order valence-electron chi connectivity index (χ2n) is 4.69. The maximum absolute atomic E-state index is 10.7. The van der Waals surface area contributed by atoms with E-state index in [1.807, 2.05) is 27.2 Å². The minimum atomic E-state index is -6.09. The van der Waals surface area contributed by atoms with Gasteiger partial charge in [-0.15, -0.1) is 0 Å². The number of nitro groups is 1. The van der Waals surface area contributed by atoms with E-state index in [4.69, 9.17) is 13.0 Å². The SMILES string of the molecule is C[N+](C)(C)c1cccc([N+](=O)[O-])c1.O=S(=O)([O-])C(F)(F)F. The van der Waals surface area contributed by atoms with E-state index in [0.29, 0.717) is 4.48 Å². The molecule has 0 saturated heterocycles. The zero-order valence-electron chi connectivity index (χ0n) is 11.3. The standard InChI is InChI=1S/C9H13N2O2.CHF3O3S/c1-11(2,3)9-6-4-5-8(7-9)10(12)13;2-1(3,4)8(5,6)7/h4-7H,1-3H3;(H,5,6,7)/q+1;/p-1. The van der Waals surface area contributed by atoms with Crippen molar-refractivity contribution < 1.29 is 31.1 Å². The molecule has 0 saturated carbocycles. The quantitative estimate of drug-likeness (QED) is 0.271. The summed E-state index contributed by atoms with van der Waals surface area (Å²) in [7, 11) is -0.176. The summed E-state index contributed by atoms with van der Waals surface area (Å²) in [6.07, 6.45) is 0. The summed E-state index contributed by atoms with van der Waals surface area (Å²) < 4.78 is 59.5. The minimum Gasteiger partial charge on any atom is -0.741 e. The molecule has 0 aromatic heterocycles. The van der Waals surface area contributed by atoms with Crippen molar-refractivity contribution >= 4 is 21.5 Å². The molecule has 0 radical (unpaired) electrons. The van der Waals surface area contributed by atoms with Crippen molar-refractivity contribution in [2.24, 2.45) is 0 Å². The van der Waals surface area contributed by atoms with E-state index in [2.05, 4.69) is 0 Å². The van der Waals surface area contributed by atoms with Gasteiger partial charge in [0.1, 0.15) is 5.69 Å². The number of hydrogen-bond donors (Lipinski definition) is 0. The fourth-order valence-electron chi connectivity index (χ4n) is 1.02. The van der Waals surface area contributed by atoms with Crippen molar-refractivity contribution in [3.05, 3.63) is 34.4 Å². The van der Waals surface area contributed by atoms with Crippen LogP contribution in [0.25, 0.3) is 0 Å². The first-order valence-corrected chi connectivity index (χ1v) is 6.65. The van der Waals surface area contributed by atoms with Crippen LogP contribution in [0.1, 0.15) is 0 Å². The molecule has 0 aliphatic carbocycles. The lowest BCUT2D eigenvalue weighted by Gasteiger charge is -2.22. The van der Waals surface area contributed by atoms with Crippen LogP contribution in [-0.2, 0) is 10.1 Å². The van der Waals surface area contributed by atoms with Gasteiger partial charge >= 0.3 is 5.51 Å². The Hall–Kier alpha value is -1.72. The molecule has 1 aromatic carbocycles. The maximum atomic E-state index is 10.7. The molecule has 0 N–H and O–H groups in total. The Bertz CT molecular complexity index is 608. The van der Waals surface area contributed by atoms with Gasteiger partial charge in [-0.25, -0.2) is 8.42 Å². The van der Waals surface area contributed by atoms with E-state index in [-0.39, 0.29) is 10.6 Å². The number of non-ortho nitro benzene ring substituents is 1. The monoisotopic (exact) mass is 330 g/mol. The van der Waals surface area contributed by atoms with Gasteiger partial charge in [0.15, 0.2) is 10.1 Å². The Morgan fingerprint density at radius 1 is 1.19 bits per heavy atom. The molecule has 0 heterocycles. The highest BCUT2D eigenvalue weighted by atomic mass is 32.2. The van der Waals surface area contributed by atoms with Gasteiger partial charge in [-0.05, 0) is 12.1 Å². The molecule has 0 spiro atoms. The van der Waals surface area contributed by atoms with Crippen LogP contribution in [-0.4, -0.2) is 44.5 Å². The summed E-state index contributed by atoms with van der Waals surface area (Å²) in [4.78, 5) is 10.1. The van der Waals surface area contributed by atoms with Crippen molar-refractivity contribution in [3.8, 4) is 0 Å². The van der Waals surface area contributed by atoms with Crippen LogP contribution in [0.3, 0.4) is 0 Å². The topological polar surface area (TPSA) is 100 Å². The second-order valence-corrected chi connectivity index (χ2v) is 6.06. The number of alkyl halides is 3. The maximum Gasteiger partial charge on any atom is 0.485 e. The van der Waals surface area contributed by atoms with Crippen molar-refractivity contribution in [2.75, 3.05) is 21.1 Å². The Morgan fingerprint density at radius 2 is 1.62 bits per heavy atom. The largest absolute Gasteiger partial charge is 0.741 e. The number of nitrogens with zero attached hydrogens (tertiary/aromatic N) is 2. The third kappa shape index (κ3) is 6.51. The summed E-state index contributed by atoms with van der Waals surface area (Å²) in [5, 5.41) is 10.5. The third-order valence-corrected chi connectivity index (χ3v) is 2.67. The third-order valence-electron chi connectivity index (χ3n) is 2.10. The zero-order chi connectivity index (χ0) is 17.1. The number of halogens is 3. The first-order valence-electron chi connectivity index (χ1n) is 5.25. The molecule has 0 unspecified atom stereocenters. The van der Waals surface area contributed by atoms with Gasteiger partial charge in [-0.3, -0.25) is 14.6 Å². The van der Waals surface area contributed by atoms with E-state index >= 15 is 0 Å². The Labute approximate surface area is 119 Å². The van der Waals surface area contributed by atoms with Gasteiger partial charge in [-0.2, -0.15) is 13.2 Å². The molecule has 0 atom stereocenters. The number of benzene rings is 1. The fraction of sp³-hybridized carbons (Fsp3) is 0.400. The molecule has 0 amide bonds. The van der Waals surface area contributed by atoms with Gasteiger partial charge in [-0.1, -0.05) is 0 Å². The molecule has 120 valence electrons. The van der Waals surface area contributed by atoms with Crippen LogP contribution >= 0.6 is 0 Å². The van der Waals surface area contributed by atoms with E-state index < -0.39 is 15.6 Å². The van der Waals surface area contributed by atoms with Crippen molar-refractivity contribution in [1.82, 2.24) is 4.48 Å². The summed E-state index contributed by atoms with van der Waals surface area (Å²) in [6, 6.07) is 6.68. The lowest BCUT2D eigenvalue weighted by Crippen LogP contribution is -2.34. The van der Waals surface area contributed by atoms with Crippen LogP contribution in [0.2, 0.25) is 0 Å². The highest BCUT2D eigenvalue weighted by Gasteiger charge is 2.36. The predicted molar refractivity (Wildman–Crippen MR) is 68.4 cm³/mol. The van der Waals surface area contributed by atoms with Crippen LogP contribution < -0.4 is 4.48 Å². The van der Waals surface area contributed by atoms with Crippen LogP contribution in [0.4, 0.5) is 24.5 Å².